The van der Waals surface area contributed by atoms with Crippen molar-refractivity contribution in [2.75, 3.05) is 19.6 Å². The first-order chi connectivity index (χ1) is 9.35. The van der Waals surface area contributed by atoms with Gasteiger partial charge in [-0.15, -0.1) is 0 Å². The molecule has 1 aliphatic rings. The van der Waals surface area contributed by atoms with Gasteiger partial charge in [0.2, 0.25) is 0 Å². The van der Waals surface area contributed by atoms with Gasteiger partial charge in [0.15, 0.2) is 0 Å². The van der Waals surface area contributed by atoms with Crippen LogP contribution < -0.4 is 5.73 Å². The average molecular weight is 274 g/mol. The van der Waals surface area contributed by atoms with Crippen molar-refractivity contribution in [3.05, 3.63) is 34.9 Å². The van der Waals surface area contributed by atoms with Gasteiger partial charge in [0.25, 0.3) is 0 Å². The summed E-state index contributed by atoms with van der Waals surface area (Å²) < 4.78 is 0. The summed E-state index contributed by atoms with van der Waals surface area (Å²) in [5.74, 6) is 0. The smallest absolute Gasteiger partial charge is 0.0424 e. The van der Waals surface area contributed by atoms with Gasteiger partial charge in [-0.25, -0.2) is 0 Å². The molecule has 1 heterocycles. The Labute approximate surface area is 124 Å². The molecule has 1 saturated heterocycles. The maximum absolute atomic E-state index is 6.44. The number of nitrogens with two attached hydrogens (primary N) is 1. The normalized spacial score (nSPS) is 21.4. The molecule has 0 aliphatic carbocycles. The first kappa shape index (κ1) is 15.5. The van der Waals surface area contributed by atoms with Crippen molar-refractivity contribution in [3.8, 4) is 0 Å². The molecule has 0 spiro atoms. The summed E-state index contributed by atoms with van der Waals surface area (Å²) in [7, 11) is 0. The number of nitrogens with zero attached hydrogens (tertiary/aromatic N) is 1. The lowest BCUT2D eigenvalue weighted by Crippen LogP contribution is -2.33. The minimum absolute atomic E-state index is 0.134. The average Bonchev–Trinajstić information content (AvgIpc) is 2.50. The fourth-order valence-electron chi connectivity index (χ4n) is 3.27. The second-order valence-electron chi connectivity index (χ2n) is 7.35. The minimum atomic E-state index is 0.134. The van der Waals surface area contributed by atoms with Crippen LogP contribution in [0.2, 0.25) is 0 Å². The molecule has 1 aliphatic heterocycles. The Kier molecular flexibility index (Phi) is 4.87. The van der Waals surface area contributed by atoms with Crippen LogP contribution >= 0.6 is 0 Å². The van der Waals surface area contributed by atoms with E-state index in [1.807, 2.05) is 0 Å². The summed E-state index contributed by atoms with van der Waals surface area (Å²) in [5, 5.41) is 0. The molecule has 2 N–H and O–H groups in total. The molecule has 1 aromatic rings. The van der Waals surface area contributed by atoms with E-state index in [0.29, 0.717) is 5.41 Å². The van der Waals surface area contributed by atoms with Crippen molar-refractivity contribution in [2.45, 2.75) is 53.0 Å². The van der Waals surface area contributed by atoms with Crippen LogP contribution in [0.4, 0.5) is 0 Å². The predicted octanol–water partition coefficient (Wildman–Crippen LogP) is 3.82. The zero-order chi connectivity index (χ0) is 14.8. The van der Waals surface area contributed by atoms with E-state index < -0.39 is 0 Å². The van der Waals surface area contributed by atoms with Gasteiger partial charge >= 0.3 is 0 Å². The van der Waals surface area contributed by atoms with E-state index in [4.69, 9.17) is 5.73 Å². The lowest BCUT2D eigenvalue weighted by molar-refractivity contribution is 0.250. The highest BCUT2D eigenvalue weighted by Crippen LogP contribution is 2.30. The number of aryl methyl sites for hydroxylation is 2. The fourth-order valence-corrected chi connectivity index (χ4v) is 3.27. The van der Waals surface area contributed by atoms with Gasteiger partial charge in [-0.3, -0.25) is 0 Å². The second-order valence-corrected chi connectivity index (χ2v) is 7.35. The highest BCUT2D eigenvalue weighted by atomic mass is 15.1. The number of benzene rings is 1. The van der Waals surface area contributed by atoms with Crippen LogP contribution in [-0.4, -0.2) is 24.5 Å². The largest absolute Gasteiger partial charge is 0.323 e. The molecule has 20 heavy (non-hydrogen) atoms. The summed E-state index contributed by atoms with van der Waals surface area (Å²) in [6.07, 6.45) is 3.92. The molecule has 1 atom stereocenters. The van der Waals surface area contributed by atoms with E-state index in [2.05, 4.69) is 50.8 Å². The highest BCUT2D eigenvalue weighted by Gasteiger charge is 2.24. The predicted molar refractivity (Wildman–Crippen MR) is 86.9 cm³/mol. The Balaban J connectivity index is 1.98. The Morgan fingerprint density at radius 2 is 1.75 bits per heavy atom. The molecule has 2 heteroatoms. The monoisotopic (exact) mass is 274 g/mol. The lowest BCUT2D eigenvalue weighted by Gasteiger charge is -2.26. The quantitative estimate of drug-likeness (QED) is 0.908. The molecule has 1 aromatic carbocycles. The van der Waals surface area contributed by atoms with E-state index in [9.17, 15) is 0 Å². The first-order valence-corrected chi connectivity index (χ1v) is 7.92. The molecule has 2 nitrogen and oxygen atoms in total. The van der Waals surface area contributed by atoms with Crippen molar-refractivity contribution in [3.63, 3.8) is 0 Å². The molecule has 0 radical (unpaired) electrons. The Bertz CT molecular complexity index is 430. The summed E-state index contributed by atoms with van der Waals surface area (Å²) in [5.41, 5.74) is 10.8. The van der Waals surface area contributed by atoms with Gasteiger partial charge in [0.1, 0.15) is 0 Å². The number of hydrogen-bond acceptors (Lipinski definition) is 2. The molecule has 1 unspecified atom stereocenters. The van der Waals surface area contributed by atoms with Gasteiger partial charge < -0.3 is 10.6 Å². The summed E-state index contributed by atoms with van der Waals surface area (Å²) in [6.45, 7) is 12.4. The second kappa shape index (κ2) is 6.28. The lowest BCUT2D eigenvalue weighted by atomic mass is 9.85. The molecule has 0 saturated carbocycles. The molecular weight excluding hydrogens is 244 g/mol. The van der Waals surface area contributed by atoms with Crippen molar-refractivity contribution in [1.82, 2.24) is 4.90 Å². The van der Waals surface area contributed by atoms with E-state index in [0.717, 1.165) is 6.54 Å². The maximum Gasteiger partial charge on any atom is 0.0424 e. The van der Waals surface area contributed by atoms with E-state index in [1.165, 1.54) is 49.0 Å². The Morgan fingerprint density at radius 3 is 2.40 bits per heavy atom. The van der Waals surface area contributed by atoms with Gasteiger partial charge in [-0.2, -0.15) is 0 Å². The van der Waals surface area contributed by atoms with Crippen molar-refractivity contribution < 1.29 is 0 Å². The summed E-state index contributed by atoms with van der Waals surface area (Å²) in [6, 6.07) is 6.82. The SMILES string of the molecule is Cc1cc(C)cc(C(N)CN2CCCC(C)(C)CC2)c1. The third-order valence-corrected chi connectivity index (χ3v) is 4.56. The molecular formula is C18H30N2. The molecule has 112 valence electrons. The van der Waals surface area contributed by atoms with Crippen LogP contribution in [-0.2, 0) is 0 Å². The van der Waals surface area contributed by atoms with Crippen LogP contribution in [0.25, 0.3) is 0 Å². The third-order valence-electron chi connectivity index (χ3n) is 4.56. The van der Waals surface area contributed by atoms with Crippen molar-refractivity contribution in [1.29, 1.82) is 0 Å². The zero-order valence-corrected chi connectivity index (χ0v) is 13.6. The van der Waals surface area contributed by atoms with Gasteiger partial charge in [0.05, 0.1) is 0 Å². The van der Waals surface area contributed by atoms with Crippen LogP contribution in [0.5, 0.6) is 0 Å². The van der Waals surface area contributed by atoms with Crippen LogP contribution in [0.3, 0.4) is 0 Å². The van der Waals surface area contributed by atoms with E-state index >= 15 is 0 Å². The van der Waals surface area contributed by atoms with Crippen molar-refractivity contribution in [2.24, 2.45) is 11.1 Å². The summed E-state index contributed by atoms with van der Waals surface area (Å²) in [4.78, 5) is 2.55. The molecule has 2 rings (SSSR count). The number of hydrogen-bond donors (Lipinski definition) is 1. The van der Waals surface area contributed by atoms with E-state index in [1.54, 1.807) is 0 Å². The zero-order valence-electron chi connectivity index (χ0n) is 13.6. The van der Waals surface area contributed by atoms with Gasteiger partial charge in [0, 0.05) is 12.6 Å². The third kappa shape index (κ3) is 4.32. The first-order valence-electron chi connectivity index (χ1n) is 7.92. The fraction of sp³-hybridized carbons (Fsp3) is 0.667. The molecule has 0 amide bonds. The topological polar surface area (TPSA) is 29.3 Å². The van der Waals surface area contributed by atoms with E-state index in [-0.39, 0.29) is 6.04 Å². The summed E-state index contributed by atoms with van der Waals surface area (Å²) >= 11 is 0. The Hall–Kier alpha value is -0.860. The highest BCUT2D eigenvalue weighted by molar-refractivity contribution is 5.30. The van der Waals surface area contributed by atoms with Crippen LogP contribution in [0.1, 0.15) is 55.8 Å². The molecule has 0 aromatic heterocycles. The van der Waals surface area contributed by atoms with Crippen LogP contribution in [0.15, 0.2) is 18.2 Å². The molecule has 1 fully saturated rings. The van der Waals surface area contributed by atoms with Crippen molar-refractivity contribution >= 4 is 0 Å². The number of rotatable bonds is 3. The Morgan fingerprint density at radius 1 is 1.10 bits per heavy atom. The van der Waals surface area contributed by atoms with Crippen LogP contribution in [0, 0.1) is 19.3 Å². The number of likely N-dealkylation sites (tertiary alicyclic amines) is 1. The maximum atomic E-state index is 6.44. The molecule has 0 bridgehead atoms. The minimum Gasteiger partial charge on any atom is -0.323 e. The van der Waals surface area contributed by atoms with Gasteiger partial charge in [-0.05, 0) is 57.2 Å². The standard InChI is InChI=1S/C18H30N2/c1-14-10-15(2)12-16(11-14)17(19)13-20-8-5-6-18(3,4)7-9-20/h10-12,17H,5-9,13,19H2,1-4H3. The van der Waals surface area contributed by atoms with Gasteiger partial charge in [-0.1, -0.05) is 43.2 Å².